The van der Waals surface area contributed by atoms with E-state index in [4.69, 9.17) is 24.9 Å². The van der Waals surface area contributed by atoms with Crippen LogP contribution in [0.2, 0.25) is 0 Å². The number of thiophene rings is 1. The largest absolute Gasteiger partial charge is 0.311 e. The van der Waals surface area contributed by atoms with Crippen molar-refractivity contribution in [3.05, 3.63) is 322 Å². The second-order valence-corrected chi connectivity index (χ2v) is 25.3. The van der Waals surface area contributed by atoms with Crippen molar-refractivity contribution in [3.8, 4) is 84.9 Å². The van der Waals surface area contributed by atoms with E-state index in [1.54, 1.807) is 0 Å². The molecule has 17 aromatic rings. The third-order valence-corrected chi connectivity index (χ3v) is 20.0. The minimum Gasteiger partial charge on any atom is -0.311 e. The number of aromatic nitrogens is 6. The number of rotatable bonds is 10. The number of hydrogen-bond donors (Lipinski definition) is 0. The predicted octanol–water partition coefficient (Wildman–Crippen LogP) is 19.9. The summed E-state index contributed by atoms with van der Waals surface area (Å²) >= 11 is 1.85. The highest BCUT2D eigenvalue weighted by Crippen LogP contribution is 2.48. The molecule has 4 aromatic heterocycles. The van der Waals surface area contributed by atoms with Crippen LogP contribution in [0, 0.1) is 0 Å². The molecule has 2 aliphatic heterocycles. The topological polar surface area (TPSA) is 75.9 Å². The summed E-state index contributed by atoms with van der Waals surface area (Å²) in [5, 5.41) is 4.89. The van der Waals surface area contributed by atoms with Crippen molar-refractivity contribution in [3.63, 3.8) is 0 Å². The molecule has 0 N–H and O–H groups in total. The molecule has 0 bridgehead atoms. The van der Waals surface area contributed by atoms with E-state index >= 15 is 0 Å². The number of benzene rings is 13. The van der Waals surface area contributed by atoms with Gasteiger partial charge >= 0.3 is 0 Å². The maximum Gasteiger partial charge on any atom is 0.252 e. The standard InChI is InChI=1S/C85H53BN8S/c1-6-24-55(25-7-1)69-53-70(88-82(87-69)56-26-8-2-9-27-56)59-46-48-72(94-71-38-20-16-35-65(71)79-75(94)49-47-64-63-34-17-23-41-78(63)95-81(64)79)66(50-59)85-90-83(57-28-10-3-11-29-57)89-84(91-85)58-44-42-54(43-45-58)60-51-76-80-77(52-60)93(62-32-14-5-15-33-62)74-40-22-19-37-68(74)86(80)67-36-18-21-39-73(67)92(76)61-30-12-4-13-31-61/h1-53H. The van der Waals surface area contributed by atoms with Crippen molar-refractivity contribution in [2.75, 3.05) is 9.80 Å². The van der Waals surface area contributed by atoms with E-state index in [0.717, 1.165) is 95.4 Å². The van der Waals surface area contributed by atoms with Gasteiger partial charge in [0, 0.05) is 98.4 Å². The molecule has 0 fully saturated rings. The van der Waals surface area contributed by atoms with E-state index in [1.807, 2.05) is 53.8 Å². The van der Waals surface area contributed by atoms with Gasteiger partial charge in [0.2, 0.25) is 0 Å². The molecule has 10 heteroatoms. The molecule has 13 aromatic carbocycles. The fourth-order valence-electron chi connectivity index (χ4n) is 14.6. The summed E-state index contributed by atoms with van der Waals surface area (Å²) in [4.78, 5) is 32.0. The van der Waals surface area contributed by atoms with Gasteiger partial charge in [-0.15, -0.1) is 11.3 Å². The van der Waals surface area contributed by atoms with E-state index < -0.39 is 0 Å². The van der Waals surface area contributed by atoms with Crippen molar-refractivity contribution in [2.45, 2.75) is 0 Å². The molecule has 8 nitrogen and oxygen atoms in total. The normalized spacial score (nSPS) is 12.4. The molecular weight excluding hydrogens is 1180 g/mol. The Morgan fingerprint density at radius 3 is 1.38 bits per heavy atom. The summed E-state index contributed by atoms with van der Waals surface area (Å²) in [7, 11) is 0. The summed E-state index contributed by atoms with van der Waals surface area (Å²) in [6.07, 6.45) is 0. The van der Waals surface area contributed by atoms with E-state index in [9.17, 15) is 0 Å². The van der Waals surface area contributed by atoms with Crippen molar-refractivity contribution in [1.82, 2.24) is 29.5 Å². The van der Waals surface area contributed by atoms with Gasteiger partial charge in [0.25, 0.3) is 6.71 Å². The van der Waals surface area contributed by atoms with Gasteiger partial charge in [0.05, 0.1) is 28.1 Å². The zero-order chi connectivity index (χ0) is 62.5. The second-order valence-electron chi connectivity index (χ2n) is 24.3. The van der Waals surface area contributed by atoms with E-state index in [2.05, 4.69) is 293 Å². The Bertz CT molecular complexity index is 5690. The zero-order valence-corrected chi connectivity index (χ0v) is 52.0. The Morgan fingerprint density at radius 2 is 0.758 bits per heavy atom. The number of nitrogens with zero attached hydrogens (tertiary/aromatic N) is 8. The summed E-state index contributed by atoms with van der Waals surface area (Å²) in [5.41, 5.74) is 22.8. The Kier molecular flexibility index (Phi) is 12.7. The van der Waals surface area contributed by atoms with Gasteiger partial charge in [0.15, 0.2) is 23.3 Å². The summed E-state index contributed by atoms with van der Waals surface area (Å²) in [6.45, 7) is 0.00817. The van der Waals surface area contributed by atoms with Crippen LogP contribution in [0.15, 0.2) is 322 Å². The maximum absolute atomic E-state index is 5.63. The van der Waals surface area contributed by atoms with E-state index in [0.29, 0.717) is 23.3 Å². The van der Waals surface area contributed by atoms with Crippen LogP contribution in [0.5, 0.6) is 0 Å². The number of para-hydroxylation sites is 5. The van der Waals surface area contributed by atoms with Crippen molar-refractivity contribution in [2.24, 2.45) is 0 Å². The average molecular weight is 1230 g/mol. The molecule has 0 amide bonds. The Balaban J connectivity index is 0.819. The van der Waals surface area contributed by atoms with Gasteiger partial charge < -0.3 is 14.4 Å². The minimum atomic E-state index is 0.00817. The van der Waals surface area contributed by atoms with Gasteiger partial charge in [-0.25, -0.2) is 24.9 Å². The molecule has 0 aliphatic carbocycles. The van der Waals surface area contributed by atoms with E-state index in [-0.39, 0.29) is 6.71 Å². The molecule has 0 spiro atoms. The fourth-order valence-corrected chi connectivity index (χ4v) is 15.8. The maximum atomic E-state index is 5.63. The van der Waals surface area contributed by atoms with Crippen molar-refractivity contribution < 1.29 is 0 Å². The van der Waals surface area contributed by atoms with Crippen LogP contribution in [-0.4, -0.2) is 36.2 Å². The molecule has 6 heterocycles. The van der Waals surface area contributed by atoms with Crippen LogP contribution < -0.4 is 26.2 Å². The lowest BCUT2D eigenvalue weighted by Crippen LogP contribution is -2.61. The summed E-state index contributed by atoms with van der Waals surface area (Å²) in [5.74, 6) is 2.27. The summed E-state index contributed by atoms with van der Waals surface area (Å²) < 4.78 is 4.92. The van der Waals surface area contributed by atoms with Crippen LogP contribution in [0.3, 0.4) is 0 Å². The molecular formula is C85H53BN8S. The van der Waals surface area contributed by atoms with Gasteiger partial charge in [-0.2, -0.15) is 0 Å². The molecule has 0 atom stereocenters. The summed E-state index contributed by atoms with van der Waals surface area (Å²) in [6, 6.07) is 115. The number of fused-ring (bicyclic) bond motifs is 11. The van der Waals surface area contributed by atoms with Gasteiger partial charge in [-0.3, -0.25) is 0 Å². The molecule has 0 saturated heterocycles. The van der Waals surface area contributed by atoms with Crippen molar-refractivity contribution >= 4 is 111 Å². The molecule has 95 heavy (non-hydrogen) atoms. The SMILES string of the molecule is c1ccc(-c2cc(-c3ccc(-n4c5ccccc5c5c6sc7ccccc7c6ccc54)c(-c4nc(-c5ccccc5)nc(-c5ccc(-c6cc7c8c(c6)N(c6ccccc6)c6ccccc6B8c6ccccc6N7c6ccccc6)cc5)n4)c3)nc(-c3ccccc3)n2)cc1. The minimum absolute atomic E-state index is 0.00817. The Hall–Kier alpha value is -12.4. The quantitative estimate of drug-likeness (QED) is 0.126. The lowest BCUT2D eigenvalue weighted by atomic mass is 9.33. The highest BCUT2D eigenvalue weighted by Gasteiger charge is 2.43. The van der Waals surface area contributed by atoms with Crippen LogP contribution in [0.4, 0.5) is 34.1 Å². The third-order valence-electron chi connectivity index (χ3n) is 18.8. The van der Waals surface area contributed by atoms with Gasteiger partial charge in [-0.1, -0.05) is 237 Å². The van der Waals surface area contributed by atoms with Crippen LogP contribution >= 0.6 is 11.3 Å². The molecule has 0 radical (unpaired) electrons. The highest BCUT2D eigenvalue weighted by atomic mass is 32.1. The lowest BCUT2D eigenvalue weighted by Gasteiger charge is -2.44. The number of hydrogen-bond acceptors (Lipinski definition) is 8. The smallest absolute Gasteiger partial charge is 0.252 e. The monoisotopic (exact) mass is 1230 g/mol. The first-order valence-corrected chi connectivity index (χ1v) is 32.9. The third kappa shape index (κ3) is 9.02. The first kappa shape index (κ1) is 54.4. The molecule has 0 unspecified atom stereocenters. The number of anilines is 6. The first-order chi connectivity index (χ1) is 47.1. The molecule has 2 aliphatic rings. The molecule has 19 rings (SSSR count). The average Bonchev–Trinajstić information content (AvgIpc) is 1.59. The zero-order valence-electron chi connectivity index (χ0n) is 51.2. The van der Waals surface area contributed by atoms with Crippen LogP contribution in [0.25, 0.3) is 127 Å². The Labute approximate surface area is 552 Å². The van der Waals surface area contributed by atoms with Crippen LogP contribution in [0.1, 0.15) is 0 Å². The Morgan fingerprint density at radius 1 is 0.284 bits per heavy atom. The van der Waals surface area contributed by atoms with Crippen molar-refractivity contribution in [1.29, 1.82) is 0 Å². The first-order valence-electron chi connectivity index (χ1n) is 32.1. The molecule has 442 valence electrons. The highest BCUT2D eigenvalue weighted by molar-refractivity contribution is 7.26. The predicted molar refractivity (Wildman–Crippen MR) is 395 cm³/mol. The van der Waals surface area contributed by atoms with Crippen LogP contribution in [-0.2, 0) is 0 Å². The fraction of sp³-hybridized carbons (Fsp3) is 0. The van der Waals surface area contributed by atoms with Gasteiger partial charge in [0.1, 0.15) is 0 Å². The second kappa shape index (κ2) is 22.2. The molecule has 0 saturated carbocycles. The van der Waals surface area contributed by atoms with E-state index in [1.165, 1.54) is 58.7 Å². The van der Waals surface area contributed by atoms with Gasteiger partial charge in [-0.05, 0) is 112 Å². The lowest BCUT2D eigenvalue weighted by molar-refractivity contribution is 1.06.